The summed E-state index contributed by atoms with van der Waals surface area (Å²) >= 11 is 0. The van der Waals surface area contributed by atoms with E-state index in [1.807, 2.05) is 32.0 Å². The molecule has 1 saturated heterocycles. The number of guanidine groups is 1. The first-order valence-corrected chi connectivity index (χ1v) is 9.40. The molecule has 0 radical (unpaired) electrons. The number of aromatic nitrogens is 1. The van der Waals surface area contributed by atoms with E-state index in [1.54, 1.807) is 21.3 Å². The Bertz CT molecular complexity index is 791. The molecule has 152 valence electrons. The Labute approximate surface area is 165 Å². The van der Waals surface area contributed by atoms with Crippen molar-refractivity contribution in [2.24, 2.45) is 4.99 Å². The molecular weight excluding hydrogens is 358 g/mol. The zero-order chi connectivity index (χ0) is 20.1. The second-order valence-electron chi connectivity index (χ2n) is 6.82. The van der Waals surface area contributed by atoms with Crippen molar-refractivity contribution in [1.29, 1.82) is 0 Å². The van der Waals surface area contributed by atoms with Gasteiger partial charge in [0.1, 0.15) is 17.3 Å². The molecule has 1 aliphatic rings. The molecule has 2 heterocycles. The summed E-state index contributed by atoms with van der Waals surface area (Å²) < 4.78 is 16.4. The molecule has 1 fully saturated rings. The van der Waals surface area contributed by atoms with Gasteiger partial charge in [0, 0.05) is 50.1 Å². The Morgan fingerprint density at radius 2 is 1.96 bits per heavy atom. The minimum absolute atomic E-state index is 0.288. The van der Waals surface area contributed by atoms with E-state index in [0.717, 1.165) is 54.1 Å². The molecule has 0 bridgehead atoms. The van der Waals surface area contributed by atoms with Crippen molar-refractivity contribution < 1.29 is 13.9 Å². The van der Waals surface area contributed by atoms with Crippen LogP contribution in [0.5, 0.6) is 11.5 Å². The molecule has 0 spiro atoms. The summed E-state index contributed by atoms with van der Waals surface area (Å²) in [5, 5.41) is 6.75. The van der Waals surface area contributed by atoms with Crippen LogP contribution in [0, 0.1) is 13.8 Å². The van der Waals surface area contributed by atoms with E-state index < -0.39 is 0 Å². The van der Waals surface area contributed by atoms with Crippen molar-refractivity contribution in [2.75, 3.05) is 39.3 Å². The van der Waals surface area contributed by atoms with Gasteiger partial charge in [-0.1, -0.05) is 0 Å². The number of rotatable bonds is 6. The maximum Gasteiger partial charge on any atom is 0.214 e. The third-order valence-electron chi connectivity index (χ3n) is 4.93. The Morgan fingerprint density at radius 1 is 1.25 bits per heavy atom. The van der Waals surface area contributed by atoms with Crippen LogP contribution in [0.3, 0.4) is 0 Å². The fourth-order valence-electron chi connectivity index (χ4n) is 3.25. The third-order valence-corrected chi connectivity index (χ3v) is 4.93. The van der Waals surface area contributed by atoms with Crippen LogP contribution in [-0.4, -0.2) is 51.3 Å². The minimum atomic E-state index is 0.288. The molecule has 1 aromatic carbocycles. The predicted octanol–water partition coefficient (Wildman–Crippen LogP) is 2.25. The molecule has 2 aromatic rings. The van der Waals surface area contributed by atoms with Crippen molar-refractivity contribution in [1.82, 2.24) is 15.6 Å². The lowest BCUT2D eigenvalue weighted by Crippen LogP contribution is -2.44. The lowest BCUT2D eigenvalue weighted by atomic mass is 10.2. The Balaban J connectivity index is 1.57. The number of hydrogen-bond donors (Lipinski definition) is 2. The van der Waals surface area contributed by atoms with Crippen molar-refractivity contribution in [3.05, 3.63) is 35.5 Å². The Morgan fingerprint density at radius 3 is 2.54 bits per heavy atom. The van der Waals surface area contributed by atoms with Crippen molar-refractivity contribution in [2.45, 2.75) is 32.9 Å². The molecule has 0 aliphatic carbocycles. The summed E-state index contributed by atoms with van der Waals surface area (Å²) in [5.41, 5.74) is 2.01. The van der Waals surface area contributed by atoms with Crippen LogP contribution >= 0.6 is 0 Å². The van der Waals surface area contributed by atoms with Gasteiger partial charge in [-0.3, -0.25) is 4.99 Å². The molecule has 28 heavy (non-hydrogen) atoms. The normalized spacial score (nSPS) is 17.0. The number of methoxy groups -OCH3 is 2. The van der Waals surface area contributed by atoms with Crippen LogP contribution in [0.25, 0.3) is 0 Å². The average Bonchev–Trinajstić information content (AvgIpc) is 3.31. The van der Waals surface area contributed by atoms with Gasteiger partial charge in [-0.2, -0.15) is 0 Å². The summed E-state index contributed by atoms with van der Waals surface area (Å²) in [7, 11) is 5.10. The highest BCUT2D eigenvalue weighted by Gasteiger charge is 2.24. The average molecular weight is 387 g/mol. The van der Waals surface area contributed by atoms with Gasteiger partial charge in [-0.15, -0.1) is 0 Å². The van der Waals surface area contributed by atoms with E-state index in [1.165, 1.54) is 0 Å². The van der Waals surface area contributed by atoms with Gasteiger partial charge < -0.3 is 29.4 Å². The fraction of sp³-hybridized carbons (Fsp3) is 0.500. The third kappa shape index (κ3) is 4.68. The maximum absolute atomic E-state index is 5.61. The molecule has 8 heteroatoms. The molecule has 3 rings (SSSR count). The van der Waals surface area contributed by atoms with Gasteiger partial charge in [-0.05, 0) is 20.3 Å². The monoisotopic (exact) mass is 387 g/mol. The fourth-order valence-corrected chi connectivity index (χ4v) is 3.25. The van der Waals surface area contributed by atoms with Gasteiger partial charge in [0.15, 0.2) is 5.96 Å². The Kier molecular flexibility index (Phi) is 6.28. The molecule has 1 atom stereocenters. The number of aliphatic imine (C=N–C) groups is 1. The molecule has 0 amide bonds. The summed E-state index contributed by atoms with van der Waals surface area (Å²) in [5.74, 6) is 3.83. The van der Waals surface area contributed by atoms with Crippen molar-refractivity contribution in [3.8, 4) is 11.5 Å². The van der Waals surface area contributed by atoms with Gasteiger partial charge >= 0.3 is 0 Å². The number of nitrogens with zero attached hydrogens (tertiary/aromatic N) is 3. The number of ether oxygens (including phenoxy) is 2. The molecule has 8 nitrogen and oxygen atoms in total. The number of oxazole rings is 1. The van der Waals surface area contributed by atoms with Gasteiger partial charge in [-0.25, -0.2) is 4.98 Å². The quantitative estimate of drug-likeness (QED) is 0.581. The topological polar surface area (TPSA) is 84.2 Å². The van der Waals surface area contributed by atoms with Gasteiger partial charge in [0.25, 0.3) is 0 Å². The minimum Gasteiger partial charge on any atom is -0.497 e. The van der Waals surface area contributed by atoms with E-state index in [2.05, 4.69) is 25.5 Å². The molecular formula is C20H29N5O3. The summed E-state index contributed by atoms with van der Waals surface area (Å²) in [6.07, 6.45) is 1.01. The van der Waals surface area contributed by atoms with Crippen molar-refractivity contribution in [3.63, 3.8) is 0 Å². The van der Waals surface area contributed by atoms with Crippen molar-refractivity contribution >= 4 is 11.6 Å². The standard InChI is InChI=1S/C20H29N5O3/c1-13-14(2)28-19(23-13)11-22-20(21-3)24-15-6-7-25(12-15)16-8-17(26-4)10-18(9-16)27-5/h8-10,15H,6-7,11-12H2,1-5H3,(H2,21,22,24). The SMILES string of the molecule is CN=C(NCc1nc(C)c(C)o1)NC1CCN(c2cc(OC)cc(OC)c2)C1. The summed E-state index contributed by atoms with van der Waals surface area (Å²) in [4.78, 5) is 11.0. The molecule has 0 saturated carbocycles. The van der Waals surface area contributed by atoms with E-state index >= 15 is 0 Å². The highest BCUT2D eigenvalue weighted by atomic mass is 16.5. The zero-order valence-electron chi connectivity index (χ0n) is 17.2. The molecule has 1 unspecified atom stereocenters. The van der Waals surface area contributed by atoms with Crippen LogP contribution < -0.4 is 25.0 Å². The van der Waals surface area contributed by atoms with E-state index in [0.29, 0.717) is 12.4 Å². The molecule has 1 aromatic heterocycles. The first-order chi connectivity index (χ1) is 13.5. The van der Waals surface area contributed by atoms with E-state index in [9.17, 15) is 0 Å². The first-order valence-electron chi connectivity index (χ1n) is 9.40. The van der Waals surface area contributed by atoms with Crippen LogP contribution in [0.2, 0.25) is 0 Å². The number of hydrogen-bond acceptors (Lipinski definition) is 6. The lowest BCUT2D eigenvalue weighted by Gasteiger charge is -2.21. The summed E-state index contributed by atoms with van der Waals surface area (Å²) in [6.45, 7) is 6.17. The maximum atomic E-state index is 5.61. The zero-order valence-corrected chi connectivity index (χ0v) is 17.2. The van der Waals surface area contributed by atoms with E-state index in [4.69, 9.17) is 13.9 Å². The second kappa shape index (κ2) is 8.86. The summed E-state index contributed by atoms with van der Waals surface area (Å²) in [6, 6.07) is 6.24. The number of anilines is 1. The van der Waals surface area contributed by atoms with Gasteiger partial charge in [0.2, 0.25) is 5.89 Å². The van der Waals surface area contributed by atoms with Crippen LogP contribution in [0.4, 0.5) is 5.69 Å². The number of benzene rings is 1. The first kappa shape index (κ1) is 19.9. The van der Waals surface area contributed by atoms with Crippen LogP contribution in [0.1, 0.15) is 23.8 Å². The predicted molar refractivity (Wildman–Crippen MR) is 109 cm³/mol. The lowest BCUT2D eigenvalue weighted by molar-refractivity contribution is 0.394. The number of nitrogens with one attached hydrogen (secondary N) is 2. The van der Waals surface area contributed by atoms with Gasteiger partial charge in [0.05, 0.1) is 26.5 Å². The van der Waals surface area contributed by atoms with Crippen LogP contribution in [0.15, 0.2) is 27.6 Å². The molecule has 2 N–H and O–H groups in total. The Hall–Kier alpha value is -2.90. The van der Waals surface area contributed by atoms with E-state index in [-0.39, 0.29) is 6.04 Å². The highest BCUT2D eigenvalue weighted by Crippen LogP contribution is 2.30. The van der Waals surface area contributed by atoms with Crippen LogP contribution in [-0.2, 0) is 6.54 Å². The smallest absolute Gasteiger partial charge is 0.214 e. The largest absolute Gasteiger partial charge is 0.497 e. The second-order valence-corrected chi connectivity index (χ2v) is 6.82. The highest BCUT2D eigenvalue weighted by molar-refractivity contribution is 5.80. The number of aryl methyl sites for hydroxylation is 2. The molecule has 1 aliphatic heterocycles.